The topological polar surface area (TPSA) is 105 Å². The third-order valence-electron chi connectivity index (χ3n) is 12.5. The molecule has 0 fully saturated rings. The summed E-state index contributed by atoms with van der Waals surface area (Å²) < 4.78 is 23.6. The Labute approximate surface area is 386 Å². The molecule has 62 heavy (non-hydrogen) atoms. The number of nitrogens with one attached hydrogen (secondary N) is 1. The molecule has 0 aromatic rings. The Balaban J connectivity index is 4.03. The highest BCUT2D eigenvalue weighted by Gasteiger charge is 2.27. The maximum Gasteiger partial charge on any atom is 0.472 e. The smallest absolute Gasteiger partial charge is 0.387 e. The number of hydrogen-bond donors (Lipinski definition) is 3. The van der Waals surface area contributed by atoms with Crippen LogP contribution in [-0.2, 0) is 18.4 Å². The molecule has 370 valence electrons. The minimum Gasteiger partial charge on any atom is -0.387 e. The first-order chi connectivity index (χ1) is 30.0. The van der Waals surface area contributed by atoms with Gasteiger partial charge in [0.1, 0.15) is 13.2 Å². The largest absolute Gasteiger partial charge is 0.472 e. The van der Waals surface area contributed by atoms with E-state index < -0.39 is 20.0 Å². The molecule has 0 radical (unpaired) electrons. The van der Waals surface area contributed by atoms with E-state index >= 15 is 0 Å². The molecule has 0 heterocycles. The molecule has 3 atom stereocenters. The van der Waals surface area contributed by atoms with Gasteiger partial charge in [0.25, 0.3) is 0 Å². The van der Waals surface area contributed by atoms with Crippen molar-refractivity contribution in [3.05, 3.63) is 12.2 Å². The molecule has 0 saturated carbocycles. The normalized spacial score (nSPS) is 14.1. The summed E-state index contributed by atoms with van der Waals surface area (Å²) in [6.07, 6.45) is 54.7. The van der Waals surface area contributed by atoms with Crippen molar-refractivity contribution in [3.8, 4) is 0 Å². The minimum atomic E-state index is -4.33. The van der Waals surface area contributed by atoms with Gasteiger partial charge in [0, 0.05) is 6.42 Å². The van der Waals surface area contributed by atoms with E-state index in [1.165, 1.54) is 218 Å². The molecule has 8 nitrogen and oxygen atoms in total. The highest BCUT2D eigenvalue weighted by molar-refractivity contribution is 7.47. The van der Waals surface area contributed by atoms with E-state index in [1.807, 2.05) is 27.2 Å². The molecule has 0 aliphatic carbocycles. The SMILES string of the molecule is CCCCCCCCCCCCCCCCCCCCCCCCCCCCCC/C=C/C(O)C(COP(=O)(O)OCC[N+](C)(C)C)NC(=O)CCCCCCCCCCCC. The lowest BCUT2D eigenvalue weighted by molar-refractivity contribution is -0.870. The van der Waals surface area contributed by atoms with Gasteiger partial charge < -0.3 is 19.8 Å². The summed E-state index contributed by atoms with van der Waals surface area (Å²) in [7, 11) is 1.58. The molecular weight excluding hydrogens is 792 g/mol. The molecule has 0 bridgehead atoms. The van der Waals surface area contributed by atoms with Crippen LogP contribution in [0.15, 0.2) is 12.2 Å². The molecule has 3 N–H and O–H groups in total. The molecule has 0 rings (SSSR count). The van der Waals surface area contributed by atoms with E-state index in [4.69, 9.17) is 9.05 Å². The Morgan fingerprint density at radius 3 is 1.19 bits per heavy atom. The summed E-state index contributed by atoms with van der Waals surface area (Å²) in [5, 5.41) is 13.9. The van der Waals surface area contributed by atoms with Crippen molar-refractivity contribution >= 4 is 13.7 Å². The Morgan fingerprint density at radius 1 is 0.532 bits per heavy atom. The number of quaternary nitrogens is 1. The number of phosphoric ester groups is 1. The van der Waals surface area contributed by atoms with E-state index in [0.29, 0.717) is 17.4 Å². The predicted octanol–water partition coefficient (Wildman–Crippen LogP) is 15.9. The number of carbonyl (C=O) groups is 1. The Morgan fingerprint density at radius 2 is 0.855 bits per heavy atom. The highest BCUT2D eigenvalue weighted by Crippen LogP contribution is 2.43. The van der Waals surface area contributed by atoms with Crippen LogP contribution < -0.4 is 5.32 Å². The lowest BCUT2D eigenvalue weighted by Gasteiger charge is -2.25. The average molecular weight is 900 g/mol. The lowest BCUT2D eigenvalue weighted by Crippen LogP contribution is -2.45. The molecule has 3 unspecified atom stereocenters. The second kappa shape index (κ2) is 45.4. The second-order valence-electron chi connectivity index (χ2n) is 20.0. The molecule has 1 amide bonds. The third kappa shape index (κ3) is 47.2. The van der Waals surface area contributed by atoms with Gasteiger partial charge in [0.05, 0.1) is 39.9 Å². The summed E-state index contributed by atoms with van der Waals surface area (Å²) in [6, 6.07) is -0.840. The fourth-order valence-corrected chi connectivity index (χ4v) is 8.96. The Hall–Kier alpha value is -0.760. The van der Waals surface area contributed by atoms with E-state index in [2.05, 4.69) is 19.2 Å². The number of amides is 1. The van der Waals surface area contributed by atoms with Gasteiger partial charge in [-0.2, -0.15) is 0 Å². The minimum absolute atomic E-state index is 0.0647. The zero-order valence-electron chi connectivity index (χ0n) is 42.1. The maximum atomic E-state index is 12.8. The fraction of sp³-hybridized carbons (Fsp3) is 0.943. The number of hydrogen-bond acceptors (Lipinski definition) is 5. The van der Waals surface area contributed by atoms with Crippen LogP contribution in [0.2, 0.25) is 0 Å². The predicted molar refractivity (Wildman–Crippen MR) is 268 cm³/mol. The van der Waals surface area contributed by atoms with Crippen molar-refractivity contribution in [2.45, 2.75) is 283 Å². The van der Waals surface area contributed by atoms with Crippen LogP contribution in [-0.4, -0.2) is 73.4 Å². The maximum absolute atomic E-state index is 12.8. The quantitative estimate of drug-likeness (QED) is 0.0243. The van der Waals surface area contributed by atoms with E-state index in [9.17, 15) is 19.4 Å². The first kappa shape index (κ1) is 61.2. The van der Waals surface area contributed by atoms with Crippen molar-refractivity contribution in [1.82, 2.24) is 5.32 Å². The lowest BCUT2D eigenvalue weighted by atomic mass is 10.0. The number of carbonyl (C=O) groups excluding carboxylic acids is 1. The van der Waals surface area contributed by atoms with Gasteiger partial charge >= 0.3 is 7.82 Å². The Bertz CT molecular complexity index is 1020. The first-order valence-electron chi connectivity index (χ1n) is 27.1. The van der Waals surface area contributed by atoms with Crippen LogP contribution >= 0.6 is 7.82 Å². The monoisotopic (exact) mass is 900 g/mol. The van der Waals surface area contributed by atoms with Gasteiger partial charge in [0.2, 0.25) is 5.91 Å². The van der Waals surface area contributed by atoms with Crippen LogP contribution in [0.3, 0.4) is 0 Å². The molecule has 9 heteroatoms. The van der Waals surface area contributed by atoms with Gasteiger partial charge in [-0.05, 0) is 19.3 Å². The molecule has 0 aliphatic heterocycles. The number of allylic oxidation sites excluding steroid dienone is 1. The van der Waals surface area contributed by atoms with Crippen molar-refractivity contribution in [3.63, 3.8) is 0 Å². The molecule has 0 aromatic heterocycles. The standard InChI is InChI=1S/C53H107N2O6P/c1-6-8-10-12-14-16-18-19-20-21-22-23-24-25-26-27-28-29-30-31-32-33-34-35-36-37-38-40-42-44-46-52(56)51(50-61-62(58,59)60-49-48-55(3,4)5)54-53(57)47-45-43-41-39-17-15-13-11-9-7-2/h44,46,51-52,56H,6-43,45,47-50H2,1-5H3,(H-,54,57,58,59)/p+1/b46-44+. The number of rotatable bonds is 50. The van der Waals surface area contributed by atoms with Gasteiger partial charge in [-0.1, -0.05) is 257 Å². The van der Waals surface area contributed by atoms with Crippen molar-refractivity contribution < 1.29 is 32.9 Å². The van der Waals surface area contributed by atoms with Crippen LogP contribution in [0.5, 0.6) is 0 Å². The fourth-order valence-electron chi connectivity index (χ4n) is 8.22. The summed E-state index contributed by atoms with van der Waals surface area (Å²) in [6.45, 7) is 4.83. The summed E-state index contributed by atoms with van der Waals surface area (Å²) in [5.41, 5.74) is 0. The van der Waals surface area contributed by atoms with Gasteiger partial charge in [0.15, 0.2) is 0 Å². The Kier molecular flexibility index (Phi) is 44.8. The number of unbranched alkanes of at least 4 members (excludes halogenated alkanes) is 37. The van der Waals surface area contributed by atoms with Gasteiger partial charge in [-0.3, -0.25) is 13.8 Å². The molecule has 0 aliphatic rings. The number of phosphoric acid groups is 1. The zero-order valence-corrected chi connectivity index (χ0v) is 43.0. The number of aliphatic hydroxyl groups excluding tert-OH is 1. The molecular formula is C53H108N2O6P+. The van der Waals surface area contributed by atoms with Crippen molar-refractivity contribution in [1.29, 1.82) is 0 Å². The van der Waals surface area contributed by atoms with Gasteiger partial charge in [-0.25, -0.2) is 4.57 Å². The van der Waals surface area contributed by atoms with Crippen molar-refractivity contribution in [2.24, 2.45) is 0 Å². The van der Waals surface area contributed by atoms with Crippen LogP contribution in [0.1, 0.15) is 271 Å². The van der Waals surface area contributed by atoms with E-state index in [-0.39, 0.29) is 19.1 Å². The highest BCUT2D eigenvalue weighted by atomic mass is 31.2. The van der Waals surface area contributed by atoms with E-state index in [0.717, 1.165) is 32.1 Å². The van der Waals surface area contributed by atoms with Crippen LogP contribution in [0, 0.1) is 0 Å². The first-order valence-corrected chi connectivity index (χ1v) is 28.6. The second-order valence-corrected chi connectivity index (χ2v) is 21.4. The molecule has 0 saturated heterocycles. The number of nitrogens with zero attached hydrogens (tertiary/aromatic N) is 1. The third-order valence-corrected chi connectivity index (χ3v) is 13.5. The molecule has 0 aromatic carbocycles. The average Bonchev–Trinajstić information content (AvgIpc) is 3.23. The summed E-state index contributed by atoms with van der Waals surface area (Å²) in [4.78, 5) is 23.1. The number of likely N-dealkylation sites (N-methyl/N-ethyl adjacent to an activating group) is 1. The zero-order chi connectivity index (χ0) is 45.7. The van der Waals surface area contributed by atoms with Gasteiger partial charge in [-0.15, -0.1) is 0 Å². The number of aliphatic hydroxyl groups is 1. The van der Waals surface area contributed by atoms with Crippen LogP contribution in [0.4, 0.5) is 0 Å². The summed E-state index contributed by atoms with van der Waals surface area (Å²) >= 11 is 0. The van der Waals surface area contributed by atoms with Crippen molar-refractivity contribution in [2.75, 3.05) is 40.9 Å². The van der Waals surface area contributed by atoms with E-state index in [1.54, 1.807) is 6.08 Å². The summed E-state index contributed by atoms with van der Waals surface area (Å²) in [5.74, 6) is -0.176. The van der Waals surface area contributed by atoms with Crippen LogP contribution in [0.25, 0.3) is 0 Å². The molecule has 0 spiro atoms.